The molecule has 0 saturated heterocycles. The molecule has 34 heavy (non-hydrogen) atoms. The lowest BCUT2D eigenvalue weighted by molar-refractivity contribution is -0.139. The second-order valence-electron chi connectivity index (χ2n) is 8.36. The van der Waals surface area contributed by atoms with Crippen molar-refractivity contribution in [1.82, 2.24) is 15.3 Å². The van der Waals surface area contributed by atoms with Gasteiger partial charge in [0, 0.05) is 20.1 Å². The molecule has 0 aliphatic heterocycles. The Morgan fingerprint density at radius 3 is 1.91 bits per heavy atom. The third-order valence-corrected chi connectivity index (χ3v) is 5.81. The van der Waals surface area contributed by atoms with Crippen molar-refractivity contribution in [3.63, 3.8) is 0 Å². The summed E-state index contributed by atoms with van der Waals surface area (Å²) in [6.07, 6.45) is 0.417. The van der Waals surface area contributed by atoms with Crippen LogP contribution in [0.5, 0.6) is 0 Å². The van der Waals surface area contributed by atoms with Crippen LogP contribution in [0.4, 0.5) is 0 Å². The zero-order valence-electron chi connectivity index (χ0n) is 19.8. The minimum atomic E-state index is -0.899. The molecule has 0 heterocycles. The zero-order valence-corrected chi connectivity index (χ0v) is 19.8. The van der Waals surface area contributed by atoms with Gasteiger partial charge in [-0.05, 0) is 23.1 Å². The fourth-order valence-corrected chi connectivity index (χ4v) is 4.06. The van der Waals surface area contributed by atoms with E-state index < -0.39 is 18.1 Å². The molecule has 2 atom stereocenters. The number of benzene rings is 3. The van der Waals surface area contributed by atoms with Gasteiger partial charge < -0.3 is 10.0 Å². The molecule has 0 bridgehead atoms. The van der Waals surface area contributed by atoms with Crippen LogP contribution in [0, 0.1) is 0 Å². The summed E-state index contributed by atoms with van der Waals surface area (Å²) in [5.74, 6) is -0.922. The van der Waals surface area contributed by atoms with Crippen LogP contribution in [0.2, 0.25) is 0 Å². The summed E-state index contributed by atoms with van der Waals surface area (Å²) in [5.41, 5.74) is 6.35. The van der Waals surface area contributed by atoms with Crippen LogP contribution >= 0.6 is 0 Å². The summed E-state index contributed by atoms with van der Waals surface area (Å²) < 4.78 is 0. The van der Waals surface area contributed by atoms with Crippen LogP contribution in [0.3, 0.4) is 0 Å². The molecule has 0 fully saturated rings. The van der Waals surface area contributed by atoms with Gasteiger partial charge in [0.2, 0.25) is 5.91 Å². The van der Waals surface area contributed by atoms with Gasteiger partial charge in [-0.2, -0.15) is 0 Å². The molecule has 3 aromatic carbocycles. The quantitative estimate of drug-likeness (QED) is 0.395. The summed E-state index contributed by atoms with van der Waals surface area (Å²) in [7, 11) is 1.81. The first-order valence-electron chi connectivity index (χ1n) is 11.6. The van der Waals surface area contributed by atoms with E-state index in [-0.39, 0.29) is 12.3 Å². The van der Waals surface area contributed by atoms with Gasteiger partial charge >= 0.3 is 5.97 Å². The number of nitrogens with zero attached hydrogens (tertiary/aromatic N) is 2. The lowest BCUT2D eigenvalue weighted by Crippen LogP contribution is -2.55. The predicted molar refractivity (Wildman–Crippen MR) is 134 cm³/mol. The van der Waals surface area contributed by atoms with E-state index in [0.29, 0.717) is 19.5 Å². The van der Waals surface area contributed by atoms with Crippen molar-refractivity contribution in [2.45, 2.75) is 38.4 Å². The summed E-state index contributed by atoms with van der Waals surface area (Å²) in [6, 6.07) is 28.3. The number of nitrogens with one attached hydrogen (secondary N) is 1. The Hall–Kier alpha value is -3.48. The molecule has 178 valence electrons. The van der Waals surface area contributed by atoms with Crippen LogP contribution in [0.1, 0.15) is 36.1 Å². The largest absolute Gasteiger partial charge is 0.481 e. The highest BCUT2D eigenvalue weighted by Crippen LogP contribution is 2.20. The summed E-state index contributed by atoms with van der Waals surface area (Å²) in [6.45, 7) is 3.00. The van der Waals surface area contributed by atoms with Gasteiger partial charge in [0.05, 0.1) is 12.5 Å². The normalized spacial score (nSPS) is 12.8. The Bertz CT molecular complexity index is 1030. The van der Waals surface area contributed by atoms with Gasteiger partial charge in [0.15, 0.2) is 0 Å². The molecule has 0 aliphatic rings. The van der Waals surface area contributed by atoms with Gasteiger partial charge in [-0.1, -0.05) is 97.9 Å². The number of carbonyl (C=O) groups is 2. The van der Waals surface area contributed by atoms with Gasteiger partial charge in [0.1, 0.15) is 6.04 Å². The highest BCUT2D eigenvalue weighted by atomic mass is 16.4. The number of carboxylic acids is 1. The number of amides is 1. The van der Waals surface area contributed by atoms with E-state index in [9.17, 15) is 14.7 Å². The Kier molecular flexibility index (Phi) is 9.38. The summed E-state index contributed by atoms with van der Waals surface area (Å²) in [4.78, 5) is 27.1. The molecule has 0 radical (unpaired) electrons. The van der Waals surface area contributed by atoms with Crippen LogP contribution in [0.15, 0.2) is 91.0 Å². The van der Waals surface area contributed by atoms with E-state index in [1.165, 1.54) is 0 Å². The van der Waals surface area contributed by atoms with Gasteiger partial charge in [-0.15, -0.1) is 0 Å². The molecule has 3 rings (SSSR count). The molecule has 0 unspecified atom stereocenters. The molecule has 3 aromatic rings. The average molecular weight is 460 g/mol. The molecular weight excluding hydrogens is 426 g/mol. The van der Waals surface area contributed by atoms with E-state index in [0.717, 1.165) is 16.7 Å². The molecule has 6 heteroatoms. The van der Waals surface area contributed by atoms with E-state index in [1.807, 2.05) is 110 Å². The van der Waals surface area contributed by atoms with Crippen LogP contribution < -0.4 is 5.43 Å². The fourth-order valence-electron chi connectivity index (χ4n) is 4.06. The molecule has 2 N–H and O–H groups in total. The van der Waals surface area contributed by atoms with Crippen molar-refractivity contribution in [2.75, 3.05) is 13.6 Å². The number of aliphatic carboxylic acids is 1. The third-order valence-electron chi connectivity index (χ3n) is 5.81. The summed E-state index contributed by atoms with van der Waals surface area (Å²) >= 11 is 0. The van der Waals surface area contributed by atoms with Gasteiger partial charge in [-0.3, -0.25) is 9.59 Å². The van der Waals surface area contributed by atoms with Crippen molar-refractivity contribution in [1.29, 1.82) is 0 Å². The minimum absolute atomic E-state index is 0.0239. The van der Waals surface area contributed by atoms with Crippen LogP contribution in [-0.2, 0) is 22.6 Å². The lowest BCUT2D eigenvalue weighted by atomic mass is 10.0. The second kappa shape index (κ2) is 12.7. The first-order chi connectivity index (χ1) is 16.5. The molecule has 0 spiro atoms. The maximum absolute atomic E-state index is 13.7. The monoisotopic (exact) mass is 459 g/mol. The van der Waals surface area contributed by atoms with E-state index in [2.05, 4.69) is 5.43 Å². The van der Waals surface area contributed by atoms with Crippen molar-refractivity contribution in [3.05, 3.63) is 108 Å². The van der Waals surface area contributed by atoms with E-state index >= 15 is 0 Å². The minimum Gasteiger partial charge on any atom is -0.481 e. The molecule has 0 saturated carbocycles. The second-order valence-corrected chi connectivity index (χ2v) is 8.36. The molecule has 0 aliphatic carbocycles. The Morgan fingerprint density at radius 1 is 0.853 bits per heavy atom. The number of rotatable bonds is 12. The van der Waals surface area contributed by atoms with Crippen molar-refractivity contribution in [2.24, 2.45) is 0 Å². The highest BCUT2D eigenvalue weighted by Gasteiger charge is 2.30. The number of hydrogen-bond acceptors (Lipinski definition) is 4. The maximum Gasteiger partial charge on any atom is 0.305 e. The third kappa shape index (κ3) is 7.27. The number of hydrogen-bond donors (Lipinski definition) is 2. The molecular formula is C28H33N3O3. The standard InChI is InChI=1S/C28H33N3O3/c1-3-31(29-25(20-27(32)33)24-17-11-6-12-18-24)26(19-22-13-7-4-8-14-22)28(34)30(2)21-23-15-9-5-10-16-23/h4-18,25-26,29H,3,19-21H2,1-2H3,(H,32,33)/t25-,26-/m0/s1. The number of hydrazine groups is 1. The summed E-state index contributed by atoms with van der Waals surface area (Å²) in [5, 5.41) is 11.4. The Labute approximate surface area is 201 Å². The predicted octanol–water partition coefficient (Wildman–Crippen LogP) is 4.30. The zero-order chi connectivity index (χ0) is 24.3. The van der Waals surface area contributed by atoms with E-state index in [4.69, 9.17) is 0 Å². The van der Waals surface area contributed by atoms with Crippen molar-refractivity contribution < 1.29 is 14.7 Å². The van der Waals surface area contributed by atoms with Crippen LogP contribution in [0.25, 0.3) is 0 Å². The Balaban J connectivity index is 1.87. The molecule has 1 amide bonds. The Morgan fingerprint density at radius 2 is 1.38 bits per heavy atom. The van der Waals surface area contributed by atoms with Crippen molar-refractivity contribution in [3.8, 4) is 0 Å². The first kappa shape index (κ1) is 25.1. The maximum atomic E-state index is 13.7. The molecule has 0 aromatic heterocycles. The van der Waals surface area contributed by atoms with Gasteiger partial charge in [-0.25, -0.2) is 10.4 Å². The first-order valence-corrected chi connectivity index (χ1v) is 11.6. The van der Waals surface area contributed by atoms with E-state index in [1.54, 1.807) is 4.90 Å². The highest BCUT2D eigenvalue weighted by molar-refractivity contribution is 5.82. The van der Waals surface area contributed by atoms with Crippen molar-refractivity contribution >= 4 is 11.9 Å². The topological polar surface area (TPSA) is 72.9 Å². The fraction of sp³-hybridized carbons (Fsp3) is 0.286. The molecule has 6 nitrogen and oxygen atoms in total. The van der Waals surface area contributed by atoms with Gasteiger partial charge in [0.25, 0.3) is 0 Å². The average Bonchev–Trinajstić information content (AvgIpc) is 2.86. The number of likely N-dealkylation sites (N-methyl/N-ethyl adjacent to an activating group) is 2. The number of carbonyl (C=O) groups excluding carboxylic acids is 1. The SMILES string of the molecule is CCN(N[C@@H](CC(=O)O)c1ccccc1)[C@@H](Cc1ccccc1)C(=O)N(C)Cc1ccccc1. The number of carboxylic acid groups (broad SMARTS) is 1. The van der Waals surface area contributed by atoms with Crippen LogP contribution in [-0.4, -0.2) is 46.5 Å². The lowest BCUT2D eigenvalue weighted by Gasteiger charge is -2.36. The smallest absolute Gasteiger partial charge is 0.305 e.